The normalized spacial score (nSPS) is 23.1. The van der Waals surface area contributed by atoms with Gasteiger partial charge in [0.05, 0.1) is 6.61 Å². The van der Waals surface area contributed by atoms with Gasteiger partial charge in [0.25, 0.3) is 0 Å². The number of carbonyl (C=O) groups is 1. The van der Waals surface area contributed by atoms with Crippen LogP contribution in [-0.4, -0.2) is 50.2 Å². The third-order valence-electron chi connectivity index (χ3n) is 3.23. The maximum Gasteiger partial charge on any atom is 0.323 e. The zero-order chi connectivity index (χ0) is 12.0. The van der Waals surface area contributed by atoms with Crippen molar-refractivity contribution in [3.63, 3.8) is 0 Å². The largest absolute Gasteiger partial charge is 0.465 e. The van der Waals surface area contributed by atoms with Crippen molar-refractivity contribution in [2.45, 2.75) is 32.7 Å². The summed E-state index contributed by atoms with van der Waals surface area (Å²) in [4.78, 5) is 13.6. The molecule has 4 nitrogen and oxygen atoms in total. The number of piperidine rings is 1. The molecule has 0 aromatic carbocycles. The van der Waals surface area contributed by atoms with E-state index in [-0.39, 0.29) is 12.0 Å². The highest BCUT2D eigenvalue weighted by Crippen LogP contribution is 2.12. The van der Waals surface area contributed by atoms with E-state index in [4.69, 9.17) is 4.74 Å². The second-order valence-corrected chi connectivity index (χ2v) is 4.58. The quantitative estimate of drug-likeness (QED) is 0.709. The van der Waals surface area contributed by atoms with Crippen LogP contribution in [0, 0.1) is 5.92 Å². The molecule has 0 aliphatic carbocycles. The number of rotatable bonds is 5. The van der Waals surface area contributed by atoms with Gasteiger partial charge in [-0.05, 0) is 52.7 Å². The van der Waals surface area contributed by atoms with Crippen LogP contribution >= 0.6 is 0 Å². The summed E-state index contributed by atoms with van der Waals surface area (Å²) in [7, 11) is 2.00. The first-order valence-electron chi connectivity index (χ1n) is 6.22. The van der Waals surface area contributed by atoms with Crippen molar-refractivity contribution in [2.75, 3.05) is 33.3 Å². The standard InChI is InChI=1S/C12H24N2O2/c1-4-16-12(15)10(2)14(3)9-11-6-5-7-13-8-11/h10-11,13H,4-9H2,1-3H3. The van der Waals surface area contributed by atoms with Gasteiger partial charge in [-0.25, -0.2) is 0 Å². The van der Waals surface area contributed by atoms with E-state index in [1.165, 1.54) is 12.8 Å². The van der Waals surface area contributed by atoms with Crippen molar-refractivity contribution in [3.8, 4) is 0 Å². The molecule has 0 bridgehead atoms. The fraction of sp³-hybridized carbons (Fsp3) is 0.917. The van der Waals surface area contributed by atoms with E-state index in [1.807, 2.05) is 20.9 Å². The monoisotopic (exact) mass is 228 g/mol. The van der Waals surface area contributed by atoms with Gasteiger partial charge in [-0.15, -0.1) is 0 Å². The van der Waals surface area contributed by atoms with Crippen molar-refractivity contribution >= 4 is 5.97 Å². The molecule has 1 N–H and O–H groups in total. The lowest BCUT2D eigenvalue weighted by molar-refractivity contribution is -0.148. The van der Waals surface area contributed by atoms with Gasteiger partial charge in [-0.2, -0.15) is 0 Å². The van der Waals surface area contributed by atoms with Crippen molar-refractivity contribution in [1.82, 2.24) is 10.2 Å². The summed E-state index contributed by atoms with van der Waals surface area (Å²) in [5.41, 5.74) is 0. The van der Waals surface area contributed by atoms with Gasteiger partial charge < -0.3 is 10.1 Å². The average molecular weight is 228 g/mol. The third kappa shape index (κ3) is 4.10. The lowest BCUT2D eigenvalue weighted by Gasteiger charge is -2.30. The highest BCUT2D eigenvalue weighted by atomic mass is 16.5. The molecule has 1 fully saturated rings. The summed E-state index contributed by atoms with van der Waals surface area (Å²) in [6, 6.07) is -0.137. The first-order chi connectivity index (χ1) is 7.65. The van der Waals surface area contributed by atoms with Crippen molar-refractivity contribution in [2.24, 2.45) is 5.92 Å². The first-order valence-corrected chi connectivity index (χ1v) is 6.22. The number of esters is 1. The summed E-state index contributed by atoms with van der Waals surface area (Å²) >= 11 is 0. The van der Waals surface area contributed by atoms with Crippen LogP contribution in [0.3, 0.4) is 0 Å². The van der Waals surface area contributed by atoms with Gasteiger partial charge in [0.1, 0.15) is 6.04 Å². The van der Waals surface area contributed by atoms with Crippen LogP contribution in [-0.2, 0) is 9.53 Å². The number of hydrogen-bond donors (Lipinski definition) is 1. The zero-order valence-corrected chi connectivity index (χ0v) is 10.7. The van der Waals surface area contributed by atoms with Crippen LogP contribution < -0.4 is 5.32 Å². The molecule has 0 saturated carbocycles. The van der Waals surface area contributed by atoms with Crippen LogP contribution in [0.4, 0.5) is 0 Å². The summed E-state index contributed by atoms with van der Waals surface area (Å²) in [6.07, 6.45) is 2.50. The van der Waals surface area contributed by atoms with Gasteiger partial charge in [0, 0.05) is 6.54 Å². The van der Waals surface area contributed by atoms with E-state index in [9.17, 15) is 4.79 Å². The Bertz CT molecular complexity index is 215. The predicted octanol–water partition coefficient (Wildman–Crippen LogP) is 0.869. The lowest BCUT2D eigenvalue weighted by atomic mass is 9.99. The molecule has 0 spiro atoms. The molecular weight excluding hydrogens is 204 g/mol. The van der Waals surface area contributed by atoms with Crippen LogP contribution in [0.1, 0.15) is 26.7 Å². The Hall–Kier alpha value is -0.610. The molecule has 2 unspecified atom stereocenters. The van der Waals surface area contributed by atoms with E-state index >= 15 is 0 Å². The van der Waals surface area contributed by atoms with Crippen molar-refractivity contribution < 1.29 is 9.53 Å². The summed E-state index contributed by atoms with van der Waals surface area (Å²) < 4.78 is 5.02. The minimum Gasteiger partial charge on any atom is -0.465 e. The topological polar surface area (TPSA) is 41.6 Å². The van der Waals surface area contributed by atoms with E-state index in [0.717, 1.165) is 19.6 Å². The number of carbonyl (C=O) groups excluding carboxylic acids is 1. The molecule has 0 radical (unpaired) electrons. The SMILES string of the molecule is CCOC(=O)C(C)N(C)CC1CCCNC1. The highest BCUT2D eigenvalue weighted by Gasteiger charge is 2.22. The smallest absolute Gasteiger partial charge is 0.323 e. The van der Waals surface area contributed by atoms with Crippen LogP contribution in [0.15, 0.2) is 0 Å². The van der Waals surface area contributed by atoms with Gasteiger partial charge >= 0.3 is 5.97 Å². The Kier molecular flexibility index (Phi) is 5.77. The van der Waals surface area contributed by atoms with Crippen molar-refractivity contribution in [3.05, 3.63) is 0 Å². The fourth-order valence-electron chi connectivity index (χ4n) is 2.09. The van der Waals surface area contributed by atoms with Gasteiger partial charge in [-0.3, -0.25) is 9.69 Å². The lowest BCUT2D eigenvalue weighted by Crippen LogP contribution is -2.43. The van der Waals surface area contributed by atoms with Gasteiger partial charge in [0.2, 0.25) is 0 Å². The maximum atomic E-state index is 11.5. The van der Waals surface area contributed by atoms with Crippen LogP contribution in [0.2, 0.25) is 0 Å². The summed E-state index contributed by atoms with van der Waals surface area (Å²) in [5, 5.41) is 3.39. The molecule has 1 rings (SSSR count). The Morgan fingerprint density at radius 3 is 2.94 bits per heavy atom. The average Bonchev–Trinajstić information content (AvgIpc) is 2.29. The minimum atomic E-state index is -0.137. The maximum absolute atomic E-state index is 11.5. The van der Waals surface area contributed by atoms with Crippen LogP contribution in [0.25, 0.3) is 0 Å². The number of likely N-dealkylation sites (N-methyl/N-ethyl adjacent to an activating group) is 1. The number of nitrogens with one attached hydrogen (secondary N) is 1. The van der Waals surface area contributed by atoms with Gasteiger partial charge in [0.15, 0.2) is 0 Å². The molecule has 1 aliphatic heterocycles. The van der Waals surface area contributed by atoms with Crippen molar-refractivity contribution in [1.29, 1.82) is 0 Å². The molecule has 1 aliphatic rings. The molecule has 0 amide bonds. The Balaban J connectivity index is 2.32. The molecule has 16 heavy (non-hydrogen) atoms. The zero-order valence-electron chi connectivity index (χ0n) is 10.7. The summed E-state index contributed by atoms with van der Waals surface area (Å²) in [6.45, 7) is 7.38. The first kappa shape index (κ1) is 13.5. The molecule has 0 aromatic heterocycles. The number of nitrogens with zero attached hydrogens (tertiary/aromatic N) is 1. The molecule has 94 valence electrons. The number of hydrogen-bond acceptors (Lipinski definition) is 4. The number of ether oxygens (including phenoxy) is 1. The molecular formula is C12H24N2O2. The summed E-state index contributed by atoms with van der Waals surface area (Å²) in [5.74, 6) is 0.546. The second kappa shape index (κ2) is 6.86. The molecule has 0 aromatic rings. The Morgan fingerprint density at radius 2 is 2.38 bits per heavy atom. The van der Waals surface area contributed by atoms with Gasteiger partial charge in [-0.1, -0.05) is 0 Å². The molecule has 1 saturated heterocycles. The Morgan fingerprint density at radius 1 is 1.62 bits per heavy atom. The van der Waals surface area contributed by atoms with Crippen LogP contribution in [0.5, 0.6) is 0 Å². The highest BCUT2D eigenvalue weighted by molar-refractivity contribution is 5.75. The van der Waals surface area contributed by atoms with E-state index in [1.54, 1.807) is 0 Å². The minimum absolute atomic E-state index is 0.117. The third-order valence-corrected chi connectivity index (χ3v) is 3.23. The van der Waals surface area contributed by atoms with E-state index in [0.29, 0.717) is 12.5 Å². The Labute approximate surface area is 98.3 Å². The van der Waals surface area contributed by atoms with E-state index < -0.39 is 0 Å². The molecule has 1 heterocycles. The molecule has 2 atom stereocenters. The molecule has 4 heteroatoms. The predicted molar refractivity (Wildman–Crippen MR) is 64.3 cm³/mol. The van der Waals surface area contributed by atoms with E-state index in [2.05, 4.69) is 10.2 Å². The fourth-order valence-corrected chi connectivity index (χ4v) is 2.09. The second-order valence-electron chi connectivity index (χ2n) is 4.58.